The highest BCUT2D eigenvalue weighted by atomic mass is 16.2. The third kappa shape index (κ3) is 5.11. The van der Waals surface area contributed by atoms with Crippen LogP contribution in [0, 0.1) is 0 Å². The summed E-state index contributed by atoms with van der Waals surface area (Å²) in [5.41, 5.74) is 2.43. The van der Waals surface area contributed by atoms with Crippen molar-refractivity contribution in [1.29, 1.82) is 0 Å². The summed E-state index contributed by atoms with van der Waals surface area (Å²) in [6, 6.07) is 17.3. The van der Waals surface area contributed by atoms with Gasteiger partial charge < -0.3 is 15.1 Å². The number of carbonyl (C=O) groups excluding carboxylic acids is 2. The van der Waals surface area contributed by atoms with Gasteiger partial charge in [0.1, 0.15) is 0 Å². The quantitative estimate of drug-likeness (QED) is 0.564. The molecule has 3 aromatic rings. The zero-order chi connectivity index (χ0) is 22.3. The van der Waals surface area contributed by atoms with Gasteiger partial charge in [-0.25, -0.2) is 0 Å². The number of nitrogens with zero attached hydrogens (tertiary/aromatic N) is 5. The molecule has 0 spiro atoms. The van der Waals surface area contributed by atoms with Crippen molar-refractivity contribution < 1.29 is 9.59 Å². The van der Waals surface area contributed by atoms with Crippen LogP contribution in [0.3, 0.4) is 0 Å². The molecule has 4 rings (SSSR count). The molecule has 1 aliphatic heterocycles. The number of hydrogen-bond donors (Lipinski definition) is 2. The van der Waals surface area contributed by atoms with Crippen molar-refractivity contribution in [3.63, 3.8) is 0 Å². The standard InChI is InChI=1S/C23H27N7O2/c1-29(19-6-3-2-4-7-19)16-20-8-5-15-30(20)21(31)13-14-24-23(32)18-11-9-17(10-12-18)22-25-27-28-26-22/h2-4,6-7,9-12,20H,5,8,13-16H2,1H3,(H,24,32)(H,25,26,27,28). The average molecular weight is 434 g/mol. The smallest absolute Gasteiger partial charge is 0.251 e. The Morgan fingerprint density at radius 1 is 1.16 bits per heavy atom. The van der Waals surface area contributed by atoms with E-state index in [4.69, 9.17) is 0 Å². The van der Waals surface area contributed by atoms with E-state index in [1.807, 2.05) is 23.1 Å². The van der Waals surface area contributed by atoms with Gasteiger partial charge in [-0.3, -0.25) is 9.59 Å². The molecular weight excluding hydrogens is 406 g/mol. The number of carbonyl (C=O) groups is 2. The summed E-state index contributed by atoms with van der Waals surface area (Å²) in [6.07, 6.45) is 2.30. The first-order chi connectivity index (χ1) is 15.6. The highest BCUT2D eigenvalue weighted by Crippen LogP contribution is 2.21. The molecule has 2 N–H and O–H groups in total. The summed E-state index contributed by atoms with van der Waals surface area (Å²) in [5, 5.41) is 16.6. The zero-order valence-electron chi connectivity index (χ0n) is 18.1. The van der Waals surface area contributed by atoms with E-state index in [-0.39, 0.29) is 24.3 Å². The molecule has 9 heteroatoms. The van der Waals surface area contributed by atoms with E-state index >= 15 is 0 Å². The molecule has 2 aromatic carbocycles. The van der Waals surface area contributed by atoms with Crippen LogP contribution in [0.25, 0.3) is 11.4 Å². The molecule has 9 nitrogen and oxygen atoms in total. The van der Waals surface area contributed by atoms with Crippen molar-refractivity contribution in [2.75, 3.05) is 31.6 Å². The second-order valence-electron chi connectivity index (χ2n) is 7.92. The summed E-state index contributed by atoms with van der Waals surface area (Å²) >= 11 is 0. The third-order valence-corrected chi connectivity index (χ3v) is 5.75. The number of aromatic amines is 1. The lowest BCUT2D eigenvalue weighted by Crippen LogP contribution is -2.43. The van der Waals surface area contributed by atoms with Crippen LogP contribution in [-0.4, -0.2) is 70.1 Å². The largest absolute Gasteiger partial charge is 0.373 e. The Morgan fingerprint density at radius 3 is 2.66 bits per heavy atom. The maximum Gasteiger partial charge on any atom is 0.251 e. The number of H-pyrrole nitrogens is 1. The second kappa shape index (κ2) is 10.0. The predicted octanol–water partition coefficient (Wildman–Crippen LogP) is 2.11. The molecule has 1 atom stereocenters. The van der Waals surface area contributed by atoms with Crippen molar-refractivity contribution in [1.82, 2.24) is 30.8 Å². The summed E-state index contributed by atoms with van der Waals surface area (Å²) in [5.74, 6) is 0.349. The van der Waals surface area contributed by atoms with Crippen LogP contribution in [0.2, 0.25) is 0 Å². The fourth-order valence-corrected chi connectivity index (χ4v) is 4.04. The maximum atomic E-state index is 12.8. The maximum absolute atomic E-state index is 12.8. The van der Waals surface area contributed by atoms with Gasteiger partial charge in [0, 0.05) is 56.0 Å². The van der Waals surface area contributed by atoms with E-state index in [9.17, 15) is 9.59 Å². The molecule has 1 fully saturated rings. The SMILES string of the molecule is CN(CC1CCCN1C(=O)CCNC(=O)c1ccc(-c2nn[nH]n2)cc1)c1ccccc1. The molecule has 1 aliphatic rings. The van der Waals surface area contributed by atoms with E-state index in [0.717, 1.165) is 37.2 Å². The number of aromatic nitrogens is 4. The Labute approximate surface area is 186 Å². The number of likely N-dealkylation sites (N-methyl/N-ethyl adjacent to an activating group) is 1. The van der Waals surface area contributed by atoms with Crippen molar-refractivity contribution >= 4 is 17.5 Å². The van der Waals surface area contributed by atoms with Crippen LogP contribution in [0.1, 0.15) is 29.6 Å². The first-order valence-electron chi connectivity index (χ1n) is 10.8. The normalized spacial score (nSPS) is 15.5. The number of likely N-dealkylation sites (tertiary alicyclic amines) is 1. The van der Waals surface area contributed by atoms with Gasteiger partial charge in [-0.15, -0.1) is 10.2 Å². The second-order valence-corrected chi connectivity index (χ2v) is 7.92. The first kappa shape index (κ1) is 21.5. The molecule has 0 saturated carbocycles. The minimum Gasteiger partial charge on any atom is -0.373 e. The van der Waals surface area contributed by atoms with Crippen LogP contribution in [0.4, 0.5) is 5.69 Å². The zero-order valence-corrected chi connectivity index (χ0v) is 18.1. The fourth-order valence-electron chi connectivity index (χ4n) is 4.04. The number of tetrazole rings is 1. The number of para-hydroxylation sites is 1. The van der Waals surface area contributed by atoms with Crippen molar-refractivity contribution in [3.05, 3.63) is 60.2 Å². The number of nitrogens with one attached hydrogen (secondary N) is 2. The fraction of sp³-hybridized carbons (Fsp3) is 0.348. The van der Waals surface area contributed by atoms with Gasteiger partial charge in [0.15, 0.2) is 0 Å². The summed E-state index contributed by atoms with van der Waals surface area (Å²) in [7, 11) is 2.06. The molecule has 32 heavy (non-hydrogen) atoms. The van der Waals surface area contributed by atoms with Crippen molar-refractivity contribution in [3.8, 4) is 11.4 Å². The lowest BCUT2D eigenvalue weighted by molar-refractivity contribution is -0.131. The minimum absolute atomic E-state index is 0.0849. The number of amides is 2. The predicted molar refractivity (Wildman–Crippen MR) is 121 cm³/mol. The molecule has 0 radical (unpaired) electrons. The van der Waals surface area contributed by atoms with E-state index < -0.39 is 0 Å². The monoisotopic (exact) mass is 433 g/mol. The van der Waals surface area contributed by atoms with E-state index in [2.05, 4.69) is 50.0 Å². The lowest BCUT2D eigenvalue weighted by atomic mass is 10.1. The Kier molecular flexibility index (Phi) is 6.74. The van der Waals surface area contributed by atoms with E-state index in [0.29, 0.717) is 17.9 Å². The first-order valence-corrected chi connectivity index (χ1v) is 10.8. The van der Waals surface area contributed by atoms with Crippen molar-refractivity contribution in [2.45, 2.75) is 25.3 Å². The van der Waals surface area contributed by atoms with Crippen LogP contribution in [0.15, 0.2) is 54.6 Å². The van der Waals surface area contributed by atoms with Crippen LogP contribution >= 0.6 is 0 Å². The van der Waals surface area contributed by atoms with Gasteiger partial charge in [-0.05, 0) is 42.3 Å². The molecule has 0 bridgehead atoms. The van der Waals surface area contributed by atoms with Gasteiger partial charge >= 0.3 is 0 Å². The van der Waals surface area contributed by atoms with Gasteiger partial charge in [0.25, 0.3) is 5.91 Å². The molecule has 1 saturated heterocycles. The Balaban J connectivity index is 1.25. The minimum atomic E-state index is -0.209. The van der Waals surface area contributed by atoms with Crippen LogP contribution < -0.4 is 10.2 Å². The van der Waals surface area contributed by atoms with Gasteiger partial charge in [-0.1, -0.05) is 30.3 Å². The molecular formula is C23H27N7O2. The summed E-state index contributed by atoms with van der Waals surface area (Å²) in [4.78, 5) is 29.4. The lowest BCUT2D eigenvalue weighted by Gasteiger charge is -2.30. The average Bonchev–Trinajstić information content (AvgIpc) is 3.52. The molecule has 2 heterocycles. The number of hydrogen-bond acceptors (Lipinski definition) is 6. The molecule has 166 valence electrons. The van der Waals surface area contributed by atoms with E-state index in [1.54, 1.807) is 24.3 Å². The third-order valence-electron chi connectivity index (χ3n) is 5.75. The Bertz CT molecular complexity index is 1020. The highest BCUT2D eigenvalue weighted by Gasteiger charge is 2.29. The van der Waals surface area contributed by atoms with Gasteiger partial charge in [0.2, 0.25) is 11.7 Å². The molecule has 2 amide bonds. The topological polar surface area (TPSA) is 107 Å². The summed E-state index contributed by atoms with van der Waals surface area (Å²) in [6.45, 7) is 1.88. The Morgan fingerprint density at radius 2 is 1.94 bits per heavy atom. The highest BCUT2D eigenvalue weighted by molar-refractivity contribution is 5.94. The molecule has 1 unspecified atom stereocenters. The Hall–Kier alpha value is -3.75. The molecule has 1 aromatic heterocycles. The van der Waals surface area contributed by atoms with Crippen LogP contribution in [0.5, 0.6) is 0 Å². The summed E-state index contributed by atoms with van der Waals surface area (Å²) < 4.78 is 0. The molecule has 0 aliphatic carbocycles. The number of anilines is 1. The van der Waals surface area contributed by atoms with Crippen molar-refractivity contribution in [2.24, 2.45) is 0 Å². The van der Waals surface area contributed by atoms with E-state index in [1.165, 1.54) is 0 Å². The number of benzene rings is 2. The van der Waals surface area contributed by atoms with Gasteiger partial charge in [-0.2, -0.15) is 5.21 Å². The number of rotatable bonds is 8. The van der Waals surface area contributed by atoms with Crippen LogP contribution in [-0.2, 0) is 4.79 Å². The van der Waals surface area contributed by atoms with Gasteiger partial charge in [0.05, 0.1) is 0 Å².